The highest BCUT2D eigenvalue weighted by molar-refractivity contribution is 6.11. The van der Waals surface area contributed by atoms with Crippen molar-refractivity contribution in [3.63, 3.8) is 0 Å². The lowest BCUT2D eigenvalue weighted by atomic mass is 10.1. The summed E-state index contributed by atoms with van der Waals surface area (Å²) in [5.41, 5.74) is 2.19. The maximum atomic E-state index is 13.1. The number of carboxylic acids is 1. The van der Waals surface area contributed by atoms with Crippen molar-refractivity contribution in [1.82, 2.24) is 5.32 Å². The first-order valence-corrected chi connectivity index (χ1v) is 11.6. The Bertz CT molecular complexity index is 1500. The van der Waals surface area contributed by atoms with Gasteiger partial charge in [0.05, 0.1) is 5.56 Å². The van der Waals surface area contributed by atoms with Crippen molar-refractivity contribution in [1.29, 1.82) is 0 Å². The van der Waals surface area contributed by atoms with Crippen LogP contribution in [0.3, 0.4) is 0 Å². The molecule has 0 atom stereocenters. The van der Waals surface area contributed by atoms with Crippen LogP contribution in [0, 0.1) is 0 Å². The standard InChI is InChI=1S/C30H23N3O5/c34-27(21-10-5-2-6-11-21)31-24-16-14-22(15-17-24)28(35)33-26(18-20-8-3-1-4-9-20)29(36)32-25-13-7-12-23(19-25)30(37)38/h1-19H,(H,31,34)(H,32,36)(H,33,35)(H,37,38)/b26-18+. The van der Waals surface area contributed by atoms with Crippen molar-refractivity contribution in [2.45, 2.75) is 0 Å². The predicted octanol–water partition coefficient (Wildman–Crippen LogP) is 5.05. The molecule has 0 unspecified atom stereocenters. The minimum atomic E-state index is -1.13. The van der Waals surface area contributed by atoms with Crippen LogP contribution >= 0.6 is 0 Å². The molecule has 0 aromatic heterocycles. The summed E-state index contributed by atoms with van der Waals surface area (Å²) in [6.07, 6.45) is 1.52. The molecule has 8 heteroatoms. The largest absolute Gasteiger partial charge is 0.478 e. The molecular weight excluding hydrogens is 482 g/mol. The molecule has 4 aromatic rings. The molecule has 8 nitrogen and oxygen atoms in total. The van der Waals surface area contributed by atoms with Crippen LogP contribution in [0.5, 0.6) is 0 Å². The van der Waals surface area contributed by atoms with Crippen molar-refractivity contribution in [2.75, 3.05) is 10.6 Å². The number of nitrogens with one attached hydrogen (secondary N) is 3. The number of carbonyl (C=O) groups is 4. The molecule has 4 N–H and O–H groups in total. The van der Waals surface area contributed by atoms with E-state index in [9.17, 15) is 24.3 Å². The van der Waals surface area contributed by atoms with Gasteiger partial charge in [0.1, 0.15) is 5.70 Å². The lowest BCUT2D eigenvalue weighted by Gasteiger charge is -2.12. The molecule has 0 spiro atoms. The first-order chi connectivity index (χ1) is 18.4. The first-order valence-electron chi connectivity index (χ1n) is 11.6. The Labute approximate surface area is 218 Å². The van der Waals surface area contributed by atoms with Crippen molar-refractivity contribution in [3.05, 3.63) is 137 Å². The van der Waals surface area contributed by atoms with Gasteiger partial charge < -0.3 is 21.1 Å². The number of benzene rings is 4. The molecule has 0 fully saturated rings. The highest BCUT2D eigenvalue weighted by Gasteiger charge is 2.16. The van der Waals surface area contributed by atoms with Crippen molar-refractivity contribution in [2.24, 2.45) is 0 Å². The summed E-state index contributed by atoms with van der Waals surface area (Å²) in [5.74, 6) is -2.57. The minimum absolute atomic E-state index is 0.0138. The van der Waals surface area contributed by atoms with Crippen molar-refractivity contribution >= 4 is 41.1 Å². The van der Waals surface area contributed by atoms with E-state index in [2.05, 4.69) is 16.0 Å². The molecule has 3 amide bonds. The fraction of sp³-hybridized carbons (Fsp3) is 0. The van der Waals surface area contributed by atoms with Gasteiger partial charge in [-0.1, -0.05) is 54.6 Å². The third-order valence-electron chi connectivity index (χ3n) is 5.41. The molecule has 4 aromatic carbocycles. The molecule has 0 bridgehead atoms. The maximum absolute atomic E-state index is 13.1. The summed E-state index contributed by atoms with van der Waals surface area (Å²) in [6, 6.07) is 29.7. The van der Waals surface area contributed by atoms with Gasteiger partial charge >= 0.3 is 5.97 Å². The summed E-state index contributed by atoms with van der Waals surface area (Å²) in [6.45, 7) is 0. The van der Waals surface area contributed by atoms with Crippen LogP contribution < -0.4 is 16.0 Å². The lowest BCUT2D eigenvalue weighted by Crippen LogP contribution is -2.30. The third kappa shape index (κ3) is 6.79. The van der Waals surface area contributed by atoms with E-state index in [0.29, 0.717) is 16.8 Å². The van der Waals surface area contributed by atoms with Gasteiger partial charge in [-0.2, -0.15) is 0 Å². The molecule has 0 saturated heterocycles. The molecule has 0 saturated carbocycles. The van der Waals surface area contributed by atoms with Crippen molar-refractivity contribution in [3.8, 4) is 0 Å². The fourth-order valence-corrected chi connectivity index (χ4v) is 3.49. The van der Waals surface area contributed by atoms with Gasteiger partial charge in [-0.25, -0.2) is 4.79 Å². The Balaban J connectivity index is 1.50. The average Bonchev–Trinajstić information content (AvgIpc) is 2.94. The number of hydrogen-bond acceptors (Lipinski definition) is 4. The lowest BCUT2D eigenvalue weighted by molar-refractivity contribution is -0.113. The monoisotopic (exact) mass is 505 g/mol. The van der Waals surface area contributed by atoms with E-state index in [0.717, 1.165) is 0 Å². The number of amides is 3. The van der Waals surface area contributed by atoms with Crippen LogP contribution in [0.2, 0.25) is 0 Å². The number of aromatic carboxylic acids is 1. The van der Waals surface area contributed by atoms with Crippen LogP contribution in [-0.2, 0) is 4.79 Å². The fourth-order valence-electron chi connectivity index (χ4n) is 3.49. The zero-order valence-electron chi connectivity index (χ0n) is 20.0. The van der Waals surface area contributed by atoms with Gasteiger partial charge in [-0.3, -0.25) is 14.4 Å². The summed E-state index contributed by atoms with van der Waals surface area (Å²) in [7, 11) is 0. The van der Waals surface area contributed by atoms with Gasteiger partial charge in [-0.15, -0.1) is 0 Å². The number of carbonyl (C=O) groups excluding carboxylic acids is 3. The Morgan fingerprint density at radius 1 is 0.579 bits per heavy atom. The predicted molar refractivity (Wildman–Crippen MR) is 145 cm³/mol. The zero-order valence-corrected chi connectivity index (χ0v) is 20.0. The van der Waals surface area contributed by atoms with E-state index in [1.807, 2.05) is 12.1 Å². The van der Waals surface area contributed by atoms with E-state index < -0.39 is 17.8 Å². The number of carboxylic acid groups (broad SMARTS) is 1. The summed E-state index contributed by atoms with van der Waals surface area (Å²) in [5, 5.41) is 17.2. The van der Waals surface area contributed by atoms with Gasteiger partial charge in [0.2, 0.25) is 0 Å². The number of hydrogen-bond donors (Lipinski definition) is 4. The zero-order chi connectivity index (χ0) is 26.9. The summed E-state index contributed by atoms with van der Waals surface area (Å²) in [4.78, 5) is 49.7. The van der Waals surface area contributed by atoms with Crippen LogP contribution in [-0.4, -0.2) is 28.8 Å². The van der Waals surface area contributed by atoms with Crippen molar-refractivity contribution < 1.29 is 24.3 Å². The topological polar surface area (TPSA) is 125 Å². The SMILES string of the molecule is O=C(Nc1cccc(C(=O)O)c1)/C(=C\c1ccccc1)NC(=O)c1ccc(NC(=O)c2ccccc2)cc1. The van der Waals surface area contributed by atoms with Crippen LogP contribution in [0.1, 0.15) is 36.6 Å². The van der Waals surface area contributed by atoms with Gasteiger partial charge in [0.15, 0.2) is 0 Å². The first kappa shape index (κ1) is 25.6. The Kier molecular flexibility index (Phi) is 8.05. The van der Waals surface area contributed by atoms with E-state index in [1.54, 1.807) is 66.7 Å². The molecule has 0 aliphatic carbocycles. The molecule has 0 heterocycles. The van der Waals surface area contributed by atoms with E-state index in [1.165, 1.54) is 36.4 Å². The molecule has 4 rings (SSSR count). The van der Waals surface area contributed by atoms with Gasteiger partial charge in [0.25, 0.3) is 17.7 Å². The normalized spacial score (nSPS) is 10.8. The quantitative estimate of drug-likeness (QED) is 0.250. The van der Waals surface area contributed by atoms with Gasteiger partial charge in [0, 0.05) is 22.5 Å². The molecule has 188 valence electrons. The molecule has 0 radical (unpaired) electrons. The Morgan fingerprint density at radius 2 is 1.18 bits per heavy atom. The molecule has 38 heavy (non-hydrogen) atoms. The summed E-state index contributed by atoms with van der Waals surface area (Å²) >= 11 is 0. The van der Waals surface area contributed by atoms with Gasteiger partial charge in [-0.05, 0) is 66.2 Å². The maximum Gasteiger partial charge on any atom is 0.335 e. The van der Waals surface area contributed by atoms with Crippen LogP contribution in [0.4, 0.5) is 11.4 Å². The second-order valence-corrected chi connectivity index (χ2v) is 8.16. The van der Waals surface area contributed by atoms with E-state index in [4.69, 9.17) is 0 Å². The van der Waals surface area contributed by atoms with Crippen LogP contribution in [0.15, 0.2) is 115 Å². The number of anilines is 2. The molecule has 0 aliphatic heterocycles. The molecular formula is C30H23N3O5. The van der Waals surface area contributed by atoms with Crippen LogP contribution in [0.25, 0.3) is 6.08 Å². The second kappa shape index (κ2) is 12.0. The third-order valence-corrected chi connectivity index (χ3v) is 5.41. The summed E-state index contributed by atoms with van der Waals surface area (Å²) < 4.78 is 0. The molecule has 0 aliphatic rings. The minimum Gasteiger partial charge on any atom is -0.478 e. The van der Waals surface area contributed by atoms with E-state index >= 15 is 0 Å². The van der Waals surface area contributed by atoms with E-state index in [-0.39, 0.29) is 28.4 Å². The Hall–Kier alpha value is -5.50. The number of rotatable bonds is 8. The Morgan fingerprint density at radius 3 is 1.84 bits per heavy atom. The smallest absolute Gasteiger partial charge is 0.335 e. The highest BCUT2D eigenvalue weighted by atomic mass is 16.4. The average molecular weight is 506 g/mol. The second-order valence-electron chi connectivity index (χ2n) is 8.16. The highest BCUT2D eigenvalue weighted by Crippen LogP contribution is 2.15.